The minimum absolute atomic E-state index is 0.411. The first-order valence-corrected chi connectivity index (χ1v) is 5.05. The van der Waals surface area contributed by atoms with Crippen LogP contribution in [0.25, 0.3) is 0 Å². The van der Waals surface area contributed by atoms with E-state index in [0.29, 0.717) is 5.38 Å². The van der Waals surface area contributed by atoms with Crippen LogP contribution < -0.4 is 0 Å². The first-order chi connectivity index (χ1) is 5.24. The molecule has 0 spiro atoms. The number of alkyl halides is 1. The molecule has 0 amide bonds. The maximum absolute atomic E-state index is 6.01. The van der Waals surface area contributed by atoms with Gasteiger partial charge in [0.05, 0.1) is 0 Å². The minimum Gasteiger partial charge on any atom is -0.299 e. The van der Waals surface area contributed by atoms with Gasteiger partial charge in [0.25, 0.3) is 0 Å². The van der Waals surface area contributed by atoms with E-state index in [-0.39, 0.29) is 0 Å². The van der Waals surface area contributed by atoms with Gasteiger partial charge in [0, 0.05) is 18.0 Å². The fourth-order valence-electron chi connectivity index (χ4n) is 1.74. The zero-order chi connectivity index (χ0) is 8.27. The lowest BCUT2D eigenvalue weighted by Gasteiger charge is -2.22. The van der Waals surface area contributed by atoms with Gasteiger partial charge >= 0.3 is 0 Å². The highest BCUT2D eigenvalue weighted by Crippen LogP contribution is 2.18. The Hall–Kier alpha value is 0.250. The molecule has 1 aliphatic rings. The molecule has 11 heavy (non-hydrogen) atoms. The van der Waals surface area contributed by atoms with Crippen molar-refractivity contribution in [3.63, 3.8) is 0 Å². The molecule has 0 aromatic rings. The summed E-state index contributed by atoms with van der Waals surface area (Å²) in [5.41, 5.74) is 0. The maximum atomic E-state index is 6.01. The molecule has 66 valence electrons. The molecule has 1 saturated heterocycles. The van der Waals surface area contributed by atoms with Crippen LogP contribution in [0.5, 0.6) is 0 Å². The standard InChI is InChI=1S/C9H18ClN/c1-3-4-8(2)11-6-5-9(10)7-11/h8-9H,3-7H2,1-2H3. The number of likely N-dealkylation sites (tertiary alicyclic amines) is 1. The van der Waals surface area contributed by atoms with Crippen molar-refractivity contribution in [2.45, 2.75) is 44.5 Å². The number of rotatable bonds is 3. The van der Waals surface area contributed by atoms with Gasteiger partial charge < -0.3 is 0 Å². The summed E-state index contributed by atoms with van der Waals surface area (Å²) in [7, 11) is 0. The lowest BCUT2D eigenvalue weighted by molar-refractivity contribution is 0.246. The zero-order valence-electron chi connectivity index (χ0n) is 7.52. The van der Waals surface area contributed by atoms with Crippen molar-refractivity contribution in [2.24, 2.45) is 0 Å². The summed E-state index contributed by atoms with van der Waals surface area (Å²) in [4.78, 5) is 2.50. The van der Waals surface area contributed by atoms with Gasteiger partial charge in [-0.25, -0.2) is 0 Å². The van der Waals surface area contributed by atoms with Crippen LogP contribution in [0, 0.1) is 0 Å². The molecule has 0 aromatic heterocycles. The highest BCUT2D eigenvalue weighted by Gasteiger charge is 2.23. The van der Waals surface area contributed by atoms with Gasteiger partial charge in [-0.1, -0.05) is 13.3 Å². The van der Waals surface area contributed by atoms with Gasteiger partial charge in [-0.2, -0.15) is 0 Å². The average molecular weight is 176 g/mol. The Kier molecular flexibility index (Phi) is 3.67. The van der Waals surface area contributed by atoms with Crippen molar-refractivity contribution in [2.75, 3.05) is 13.1 Å². The molecular formula is C9H18ClN. The molecule has 0 aromatic carbocycles. The first-order valence-electron chi connectivity index (χ1n) is 4.62. The molecule has 1 rings (SSSR count). The Morgan fingerprint density at radius 3 is 2.82 bits per heavy atom. The predicted molar refractivity (Wildman–Crippen MR) is 50.2 cm³/mol. The van der Waals surface area contributed by atoms with Crippen LogP contribution in [0.3, 0.4) is 0 Å². The summed E-state index contributed by atoms with van der Waals surface area (Å²) < 4.78 is 0. The van der Waals surface area contributed by atoms with Crippen LogP contribution in [0.1, 0.15) is 33.1 Å². The zero-order valence-corrected chi connectivity index (χ0v) is 8.27. The second kappa shape index (κ2) is 4.32. The van der Waals surface area contributed by atoms with E-state index in [2.05, 4.69) is 18.7 Å². The minimum atomic E-state index is 0.411. The van der Waals surface area contributed by atoms with Gasteiger partial charge in [0.2, 0.25) is 0 Å². The Morgan fingerprint density at radius 2 is 2.36 bits per heavy atom. The fourth-order valence-corrected chi connectivity index (χ4v) is 2.02. The number of hydrogen-bond donors (Lipinski definition) is 0. The van der Waals surface area contributed by atoms with Crippen molar-refractivity contribution in [1.82, 2.24) is 4.90 Å². The summed E-state index contributed by atoms with van der Waals surface area (Å²) in [5.74, 6) is 0. The van der Waals surface area contributed by atoms with E-state index in [1.807, 2.05) is 0 Å². The van der Waals surface area contributed by atoms with E-state index >= 15 is 0 Å². The number of hydrogen-bond acceptors (Lipinski definition) is 1. The molecule has 2 atom stereocenters. The monoisotopic (exact) mass is 175 g/mol. The molecule has 1 fully saturated rings. The molecule has 0 N–H and O–H groups in total. The Bertz CT molecular complexity index is 116. The lowest BCUT2D eigenvalue weighted by Crippen LogP contribution is -2.30. The van der Waals surface area contributed by atoms with Gasteiger partial charge in [0.15, 0.2) is 0 Å². The normalized spacial score (nSPS) is 29.2. The highest BCUT2D eigenvalue weighted by molar-refractivity contribution is 6.20. The Morgan fingerprint density at radius 1 is 1.64 bits per heavy atom. The molecule has 1 aliphatic heterocycles. The van der Waals surface area contributed by atoms with E-state index in [0.717, 1.165) is 12.6 Å². The van der Waals surface area contributed by atoms with Crippen molar-refractivity contribution in [3.8, 4) is 0 Å². The topological polar surface area (TPSA) is 3.24 Å². The third kappa shape index (κ3) is 2.64. The largest absolute Gasteiger partial charge is 0.299 e. The molecule has 2 unspecified atom stereocenters. The van der Waals surface area contributed by atoms with Crippen molar-refractivity contribution in [3.05, 3.63) is 0 Å². The SMILES string of the molecule is CCCC(C)N1CCC(Cl)C1. The van der Waals surface area contributed by atoms with Crippen LogP contribution in [-0.2, 0) is 0 Å². The molecule has 0 saturated carbocycles. The van der Waals surface area contributed by atoms with Crippen molar-refractivity contribution in [1.29, 1.82) is 0 Å². The van der Waals surface area contributed by atoms with E-state index in [1.54, 1.807) is 0 Å². The molecule has 1 heterocycles. The fraction of sp³-hybridized carbons (Fsp3) is 1.00. The van der Waals surface area contributed by atoms with Gasteiger partial charge in [-0.05, 0) is 26.3 Å². The van der Waals surface area contributed by atoms with Gasteiger partial charge in [-0.15, -0.1) is 11.6 Å². The number of halogens is 1. The summed E-state index contributed by atoms with van der Waals surface area (Å²) in [5, 5.41) is 0.411. The van der Waals surface area contributed by atoms with Crippen LogP contribution in [0.15, 0.2) is 0 Å². The van der Waals surface area contributed by atoms with Crippen LogP contribution in [0.4, 0.5) is 0 Å². The summed E-state index contributed by atoms with van der Waals surface area (Å²) in [6.07, 6.45) is 3.77. The first kappa shape index (κ1) is 9.34. The third-order valence-electron chi connectivity index (χ3n) is 2.49. The average Bonchev–Trinajstić information content (AvgIpc) is 2.36. The van der Waals surface area contributed by atoms with E-state index in [4.69, 9.17) is 11.6 Å². The van der Waals surface area contributed by atoms with Gasteiger partial charge in [-0.3, -0.25) is 4.90 Å². The Labute approximate surface area is 74.7 Å². The quantitative estimate of drug-likeness (QED) is 0.596. The maximum Gasteiger partial charge on any atom is 0.0475 e. The molecule has 1 nitrogen and oxygen atoms in total. The van der Waals surface area contributed by atoms with E-state index < -0.39 is 0 Å². The predicted octanol–water partition coefficient (Wildman–Crippen LogP) is 2.49. The number of nitrogens with zero attached hydrogens (tertiary/aromatic N) is 1. The summed E-state index contributed by atoms with van der Waals surface area (Å²) in [6, 6.07) is 0.740. The molecular weight excluding hydrogens is 158 g/mol. The third-order valence-corrected chi connectivity index (χ3v) is 2.85. The molecule has 0 radical (unpaired) electrons. The molecule has 0 aliphatic carbocycles. The van der Waals surface area contributed by atoms with Crippen LogP contribution in [0.2, 0.25) is 0 Å². The second-order valence-electron chi connectivity index (χ2n) is 3.52. The Balaban J connectivity index is 2.25. The van der Waals surface area contributed by atoms with E-state index in [9.17, 15) is 0 Å². The van der Waals surface area contributed by atoms with Crippen molar-refractivity contribution >= 4 is 11.6 Å². The van der Waals surface area contributed by atoms with Crippen molar-refractivity contribution < 1.29 is 0 Å². The molecule has 0 bridgehead atoms. The van der Waals surface area contributed by atoms with E-state index in [1.165, 1.54) is 25.8 Å². The summed E-state index contributed by atoms with van der Waals surface area (Å²) in [6.45, 7) is 6.85. The second-order valence-corrected chi connectivity index (χ2v) is 4.14. The summed E-state index contributed by atoms with van der Waals surface area (Å²) >= 11 is 6.01. The molecule has 2 heteroatoms. The smallest absolute Gasteiger partial charge is 0.0475 e. The van der Waals surface area contributed by atoms with Gasteiger partial charge in [0.1, 0.15) is 0 Å². The van der Waals surface area contributed by atoms with Crippen LogP contribution in [-0.4, -0.2) is 29.4 Å². The highest BCUT2D eigenvalue weighted by atomic mass is 35.5. The lowest BCUT2D eigenvalue weighted by atomic mass is 10.2. The van der Waals surface area contributed by atoms with Crippen LogP contribution >= 0.6 is 11.6 Å².